The number of likely N-dealkylation sites (tertiary alicyclic amines) is 1. The number of rotatable bonds is 3. The van der Waals surface area contributed by atoms with Crippen LogP contribution in [0.4, 0.5) is 4.79 Å². The topological polar surface area (TPSA) is 59.7 Å². The summed E-state index contributed by atoms with van der Waals surface area (Å²) in [5.41, 5.74) is 4.31. The molecular formula is C20H21BN4O2. The fourth-order valence-corrected chi connectivity index (χ4v) is 3.53. The summed E-state index contributed by atoms with van der Waals surface area (Å²) in [5.74, 6) is 0.307. The largest absolute Gasteiger partial charge is 0.445 e. The predicted molar refractivity (Wildman–Crippen MR) is 103 cm³/mol. The van der Waals surface area contributed by atoms with Crippen molar-refractivity contribution in [3.8, 4) is 0 Å². The highest BCUT2D eigenvalue weighted by Gasteiger charge is 2.26. The van der Waals surface area contributed by atoms with Gasteiger partial charge in [0.2, 0.25) is 0 Å². The Hall–Kier alpha value is -2.83. The Kier molecular flexibility index (Phi) is 4.84. The van der Waals surface area contributed by atoms with Gasteiger partial charge in [-0.1, -0.05) is 30.3 Å². The monoisotopic (exact) mass is 360 g/mol. The van der Waals surface area contributed by atoms with E-state index in [-0.39, 0.29) is 6.09 Å². The van der Waals surface area contributed by atoms with Gasteiger partial charge in [0.15, 0.2) is 0 Å². The molecule has 0 atom stereocenters. The lowest BCUT2D eigenvalue weighted by Crippen LogP contribution is -2.38. The fraction of sp³-hybridized carbons (Fsp3) is 0.350. The second-order valence-corrected chi connectivity index (χ2v) is 6.96. The van der Waals surface area contributed by atoms with Crippen molar-refractivity contribution in [1.29, 1.82) is 0 Å². The van der Waals surface area contributed by atoms with E-state index in [4.69, 9.17) is 17.6 Å². The van der Waals surface area contributed by atoms with Crippen molar-refractivity contribution in [2.75, 3.05) is 13.1 Å². The van der Waals surface area contributed by atoms with E-state index in [0.717, 1.165) is 29.8 Å². The molecule has 7 heteroatoms. The van der Waals surface area contributed by atoms with Gasteiger partial charge in [-0.3, -0.25) is 0 Å². The van der Waals surface area contributed by atoms with Gasteiger partial charge < -0.3 is 9.64 Å². The van der Waals surface area contributed by atoms with Gasteiger partial charge >= 0.3 is 6.09 Å². The molecule has 1 amide bonds. The zero-order valence-electron chi connectivity index (χ0n) is 15.3. The highest BCUT2D eigenvalue weighted by Crippen LogP contribution is 2.28. The van der Waals surface area contributed by atoms with Crippen LogP contribution in [0, 0.1) is 6.92 Å². The summed E-state index contributed by atoms with van der Waals surface area (Å²) < 4.78 is 7.19. The maximum atomic E-state index is 12.3. The minimum absolute atomic E-state index is 0.253. The zero-order chi connectivity index (χ0) is 18.8. The first-order chi connectivity index (χ1) is 13.1. The maximum Gasteiger partial charge on any atom is 0.410 e. The molecule has 1 aliphatic heterocycles. The van der Waals surface area contributed by atoms with E-state index in [1.165, 1.54) is 0 Å². The van der Waals surface area contributed by atoms with Crippen molar-refractivity contribution in [1.82, 2.24) is 19.5 Å². The molecule has 1 saturated heterocycles. The summed E-state index contributed by atoms with van der Waals surface area (Å²) in [5, 5.41) is 4.24. The molecule has 2 radical (unpaired) electrons. The number of benzene rings is 1. The van der Waals surface area contributed by atoms with Crippen LogP contribution in [0.5, 0.6) is 0 Å². The van der Waals surface area contributed by atoms with Gasteiger partial charge in [-0.05, 0) is 36.9 Å². The average Bonchev–Trinajstić information content (AvgIpc) is 3.08. The third kappa shape index (κ3) is 3.67. The van der Waals surface area contributed by atoms with Gasteiger partial charge in [0.25, 0.3) is 0 Å². The lowest BCUT2D eigenvalue weighted by atomic mass is 9.92. The Bertz CT molecular complexity index is 949. The summed E-state index contributed by atoms with van der Waals surface area (Å²) in [6, 6.07) is 11.8. The number of hydrogen-bond acceptors (Lipinski definition) is 4. The van der Waals surface area contributed by atoms with Gasteiger partial charge in [0.1, 0.15) is 20.1 Å². The lowest BCUT2D eigenvalue weighted by molar-refractivity contribution is 0.0868. The minimum Gasteiger partial charge on any atom is -0.445 e. The van der Waals surface area contributed by atoms with E-state index in [9.17, 15) is 4.79 Å². The zero-order valence-corrected chi connectivity index (χ0v) is 15.3. The van der Waals surface area contributed by atoms with E-state index in [1.54, 1.807) is 15.6 Å². The van der Waals surface area contributed by atoms with Crippen LogP contribution in [0.2, 0.25) is 0 Å². The smallest absolute Gasteiger partial charge is 0.410 e. The number of nitrogens with zero attached hydrogens (tertiary/aromatic N) is 4. The summed E-state index contributed by atoms with van der Waals surface area (Å²) in [7, 11) is 5.97. The van der Waals surface area contributed by atoms with Crippen LogP contribution in [0.3, 0.4) is 0 Å². The summed E-state index contributed by atoms with van der Waals surface area (Å²) in [4.78, 5) is 18.8. The molecule has 3 aromatic rings. The Morgan fingerprint density at radius 3 is 2.74 bits per heavy atom. The van der Waals surface area contributed by atoms with Crippen molar-refractivity contribution in [2.24, 2.45) is 0 Å². The first-order valence-corrected chi connectivity index (χ1v) is 9.18. The Labute approximate surface area is 159 Å². The molecule has 2 aromatic heterocycles. The number of aromatic nitrogens is 3. The van der Waals surface area contributed by atoms with Crippen LogP contribution in [-0.2, 0) is 11.3 Å². The van der Waals surface area contributed by atoms with Crippen LogP contribution in [0.1, 0.15) is 35.7 Å². The summed E-state index contributed by atoms with van der Waals surface area (Å²) in [6.07, 6.45) is 3.09. The molecule has 4 rings (SSSR count). The Morgan fingerprint density at radius 1 is 1.26 bits per heavy atom. The molecule has 1 fully saturated rings. The quantitative estimate of drug-likeness (QED) is 0.673. The van der Waals surface area contributed by atoms with Crippen molar-refractivity contribution in [2.45, 2.75) is 32.3 Å². The highest BCUT2D eigenvalue weighted by atomic mass is 16.6. The van der Waals surface area contributed by atoms with E-state index < -0.39 is 0 Å². The van der Waals surface area contributed by atoms with Gasteiger partial charge in [-0.2, -0.15) is 5.10 Å². The number of piperidine rings is 1. The molecule has 0 unspecified atom stereocenters. The normalized spacial score (nSPS) is 15.2. The molecule has 0 saturated carbocycles. The Morgan fingerprint density at radius 2 is 2.00 bits per heavy atom. The van der Waals surface area contributed by atoms with E-state index in [0.29, 0.717) is 36.7 Å². The van der Waals surface area contributed by atoms with E-state index >= 15 is 0 Å². The van der Waals surface area contributed by atoms with Crippen molar-refractivity contribution in [3.63, 3.8) is 0 Å². The van der Waals surface area contributed by atoms with E-state index in [1.807, 2.05) is 37.3 Å². The summed E-state index contributed by atoms with van der Waals surface area (Å²) in [6.45, 7) is 3.64. The highest BCUT2D eigenvalue weighted by molar-refractivity contribution is 6.36. The molecule has 136 valence electrons. The van der Waals surface area contributed by atoms with Crippen LogP contribution >= 0.6 is 0 Å². The molecule has 27 heavy (non-hydrogen) atoms. The number of hydrogen-bond donors (Lipinski definition) is 0. The maximum absolute atomic E-state index is 12.3. The van der Waals surface area contributed by atoms with Crippen LogP contribution in [0.25, 0.3) is 5.65 Å². The van der Waals surface area contributed by atoms with Gasteiger partial charge in [-0.25, -0.2) is 14.3 Å². The van der Waals surface area contributed by atoms with Gasteiger partial charge in [-0.15, -0.1) is 0 Å². The van der Waals surface area contributed by atoms with Crippen molar-refractivity contribution < 1.29 is 9.53 Å². The van der Waals surface area contributed by atoms with E-state index in [2.05, 4.69) is 11.2 Å². The molecule has 0 N–H and O–H groups in total. The number of carbonyl (C=O) groups excluding carboxylic acids is 1. The van der Waals surface area contributed by atoms with Crippen molar-refractivity contribution in [3.05, 3.63) is 59.5 Å². The first kappa shape index (κ1) is 17.6. The minimum atomic E-state index is -0.253. The molecule has 0 bridgehead atoms. The third-order valence-corrected chi connectivity index (χ3v) is 5.07. The molecule has 1 aromatic carbocycles. The predicted octanol–water partition coefficient (Wildman–Crippen LogP) is 2.35. The van der Waals surface area contributed by atoms with Gasteiger partial charge in [0.05, 0.1) is 0 Å². The van der Waals surface area contributed by atoms with Crippen LogP contribution < -0.4 is 5.46 Å². The molecule has 0 aliphatic carbocycles. The number of aryl methyl sites for hydroxylation is 1. The van der Waals surface area contributed by atoms with Gasteiger partial charge in [0, 0.05) is 36.6 Å². The van der Waals surface area contributed by atoms with Crippen molar-refractivity contribution >= 4 is 25.0 Å². The fourth-order valence-electron chi connectivity index (χ4n) is 3.53. The average molecular weight is 360 g/mol. The SMILES string of the molecule is [B]c1cnn2c(C)cc(C3CCN(C(=O)OCc4ccccc4)CC3)nc12. The molecule has 3 heterocycles. The second kappa shape index (κ2) is 7.43. The molecule has 6 nitrogen and oxygen atoms in total. The van der Waals surface area contributed by atoms with Crippen LogP contribution in [0.15, 0.2) is 42.6 Å². The first-order valence-electron chi connectivity index (χ1n) is 9.18. The third-order valence-electron chi connectivity index (χ3n) is 5.07. The number of amides is 1. The molecule has 1 aliphatic rings. The molecular weight excluding hydrogens is 339 g/mol. The number of ether oxygens (including phenoxy) is 1. The molecule has 0 spiro atoms. The lowest BCUT2D eigenvalue weighted by Gasteiger charge is -2.31. The van der Waals surface area contributed by atoms with Crippen LogP contribution in [-0.4, -0.2) is 46.5 Å². The standard InChI is InChI=1S/C20H21BN4O2/c1-14-11-18(23-19-17(21)12-22-25(14)19)16-7-9-24(10-8-16)20(26)27-13-15-5-3-2-4-6-15/h2-6,11-12,16H,7-10,13H2,1H3. The number of fused-ring (bicyclic) bond motifs is 1. The summed E-state index contributed by atoms with van der Waals surface area (Å²) >= 11 is 0. The Balaban J connectivity index is 1.37. The number of carbonyl (C=O) groups is 1. The second-order valence-electron chi connectivity index (χ2n) is 6.96.